The zero-order valence-electron chi connectivity index (χ0n) is 11.5. The van der Waals surface area contributed by atoms with Crippen LogP contribution >= 0.6 is 0 Å². The lowest BCUT2D eigenvalue weighted by Gasteiger charge is -2.36. The summed E-state index contributed by atoms with van der Waals surface area (Å²) in [6.07, 6.45) is 6.76. The number of carbonyl (C=O) groups is 1. The molecule has 5 heteroatoms. The Morgan fingerprint density at radius 3 is 2.95 bits per heavy atom. The lowest BCUT2D eigenvalue weighted by atomic mass is 9.76. The van der Waals surface area contributed by atoms with Crippen LogP contribution in [0.3, 0.4) is 0 Å². The Morgan fingerprint density at radius 1 is 1.50 bits per heavy atom. The summed E-state index contributed by atoms with van der Waals surface area (Å²) in [7, 11) is 0. The zero-order valence-corrected chi connectivity index (χ0v) is 11.5. The summed E-state index contributed by atoms with van der Waals surface area (Å²) >= 11 is 0. The van der Waals surface area contributed by atoms with E-state index in [0.29, 0.717) is 17.2 Å². The summed E-state index contributed by atoms with van der Waals surface area (Å²) < 4.78 is 1.88. The SMILES string of the molecule is Cc1ccn2cnc(C(=O)NC3CC4(C3)CC4N)c2c1. The molecule has 1 atom stereocenters. The van der Waals surface area contributed by atoms with Crippen molar-refractivity contribution in [1.29, 1.82) is 0 Å². The molecular formula is C15H18N4O. The number of aryl methyl sites for hydroxylation is 1. The highest BCUT2D eigenvalue weighted by atomic mass is 16.2. The number of pyridine rings is 1. The Hall–Kier alpha value is -1.88. The number of imidazole rings is 1. The van der Waals surface area contributed by atoms with E-state index in [4.69, 9.17) is 5.73 Å². The standard InChI is InChI=1S/C15H18N4O/c1-9-2-3-19-8-17-13(11(19)4-9)14(20)18-10-5-15(6-10)7-12(15)16/h2-4,8,10,12H,5-7,16H2,1H3,(H,18,20). The molecule has 2 aliphatic carbocycles. The minimum Gasteiger partial charge on any atom is -0.348 e. The van der Waals surface area contributed by atoms with Gasteiger partial charge >= 0.3 is 0 Å². The number of hydrogen-bond acceptors (Lipinski definition) is 3. The highest BCUT2D eigenvalue weighted by Gasteiger charge is 2.60. The molecule has 2 aromatic rings. The van der Waals surface area contributed by atoms with E-state index in [0.717, 1.165) is 30.3 Å². The molecule has 0 aromatic carbocycles. The molecule has 0 radical (unpaired) electrons. The van der Waals surface area contributed by atoms with Gasteiger partial charge in [0.05, 0.1) is 5.52 Å². The molecule has 2 fully saturated rings. The van der Waals surface area contributed by atoms with Crippen molar-refractivity contribution in [3.05, 3.63) is 35.9 Å². The molecule has 1 spiro atoms. The lowest BCUT2D eigenvalue weighted by Crippen LogP contribution is -2.47. The second-order valence-electron chi connectivity index (χ2n) is 6.34. The fraction of sp³-hybridized carbons (Fsp3) is 0.467. The summed E-state index contributed by atoms with van der Waals surface area (Å²) in [6, 6.07) is 4.60. The van der Waals surface area contributed by atoms with Gasteiger partial charge in [0.25, 0.3) is 5.91 Å². The molecule has 1 unspecified atom stereocenters. The van der Waals surface area contributed by atoms with E-state index in [1.807, 2.05) is 29.7 Å². The van der Waals surface area contributed by atoms with Crippen LogP contribution in [0.4, 0.5) is 0 Å². The third-order valence-corrected chi connectivity index (χ3v) is 4.80. The first-order valence-corrected chi connectivity index (χ1v) is 7.07. The van der Waals surface area contributed by atoms with Crippen molar-refractivity contribution >= 4 is 11.4 Å². The van der Waals surface area contributed by atoms with Gasteiger partial charge in [0.2, 0.25) is 0 Å². The molecule has 0 bridgehead atoms. The zero-order chi connectivity index (χ0) is 13.9. The van der Waals surface area contributed by atoms with Crippen molar-refractivity contribution in [2.24, 2.45) is 11.1 Å². The van der Waals surface area contributed by atoms with Crippen LogP contribution in [0.5, 0.6) is 0 Å². The second-order valence-corrected chi connectivity index (χ2v) is 6.34. The van der Waals surface area contributed by atoms with Gasteiger partial charge in [-0.1, -0.05) is 0 Å². The molecular weight excluding hydrogens is 252 g/mol. The third-order valence-electron chi connectivity index (χ3n) is 4.80. The molecule has 2 aromatic heterocycles. The van der Waals surface area contributed by atoms with Crippen molar-refractivity contribution in [1.82, 2.24) is 14.7 Å². The van der Waals surface area contributed by atoms with Crippen LogP contribution in [-0.2, 0) is 0 Å². The second kappa shape index (κ2) is 3.82. The van der Waals surface area contributed by atoms with Crippen molar-refractivity contribution in [3.8, 4) is 0 Å². The van der Waals surface area contributed by atoms with E-state index in [2.05, 4.69) is 10.3 Å². The monoisotopic (exact) mass is 270 g/mol. The minimum atomic E-state index is -0.0767. The normalized spacial score (nSPS) is 31.3. The Bertz CT molecular complexity index is 699. The Morgan fingerprint density at radius 2 is 2.25 bits per heavy atom. The molecule has 0 saturated heterocycles. The predicted molar refractivity (Wildman–Crippen MR) is 75.4 cm³/mol. The number of amides is 1. The van der Waals surface area contributed by atoms with Crippen LogP contribution in [0.25, 0.3) is 5.52 Å². The van der Waals surface area contributed by atoms with Crippen LogP contribution in [-0.4, -0.2) is 27.4 Å². The van der Waals surface area contributed by atoms with Gasteiger partial charge in [-0.05, 0) is 49.3 Å². The molecule has 3 N–H and O–H groups in total. The maximum Gasteiger partial charge on any atom is 0.272 e. The van der Waals surface area contributed by atoms with Crippen LogP contribution in [0, 0.1) is 12.3 Å². The fourth-order valence-electron chi connectivity index (χ4n) is 3.39. The molecule has 2 aliphatic rings. The van der Waals surface area contributed by atoms with Crippen LogP contribution in [0.2, 0.25) is 0 Å². The molecule has 20 heavy (non-hydrogen) atoms. The maximum atomic E-state index is 12.3. The van der Waals surface area contributed by atoms with Gasteiger partial charge in [0.1, 0.15) is 6.33 Å². The van der Waals surface area contributed by atoms with Crippen molar-refractivity contribution < 1.29 is 4.79 Å². The summed E-state index contributed by atoms with van der Waals surface area (Å²) in [6.45, 7) is 2.01. The number of aromatic nitrogens is 2. The van der Waals surface area contributed by atoms with Crippen LogP contribution in [0.1, 0.15) is 35.3 Å². The Kier molecular flexibility index (Phi) is 2.27. The van der Waals surface area contributed by atoms with E-state index in [-0.39, 0.29) is 11.9 Å². The molecule has 2 heterocycles. The van der Waals surface area contributed by atoms with Gasteiger partial charge < -0.3 is 15.5 Å². The van der Waals surface area contributed by atoms with Gasteiger partial charge in [-0.15, -0.1) is 0 Å². The average molecular weight is 270 g/mol. The first kappa shape index (κ1) is 11.9. The first-order chi connectivity index (χ1) is 9.57. The average Bonchev–Trinajstić information content (AvgIpc) is 2.86. The summed E-state index contributed by atoms with van der Waals surface area (Å²) in [5.41, 5.74) is 8.76. The number of fused-ring (bicyclic) bond motifs is 1. The molecule has 5 nitrogen and oxygen atoms in total. The van der Waals surface area contributed by atoms with E-state index >= 15 is 0 Å². The van der Waals surface area contributed by atoms with Gasteiger partial charge in [-0.25, -0.2) is 4.98 Å². The number of hydrogen-bond donors (Lipinski definition) is 2. The molecule has 0 aliphatic heterocycles. The number of rotatable bonds is 2. The highest BCUT2D eigenvalue weighted by Crippen LogP contribution is 2.59. The highest BCUT2D eigenvalue weighted by molar-refractivity contribution is 5.99. The smallest absolute Gasteiger partial charge is 0.272 e. The number of nitrogens with two attached hydrogens (primary N) is 1. The number of nitrogens with zero attached hydrogens (tertiary/aromatic N) is 2. The molecule has 104 valence electrons. The van der Waals surface area contributed by atoms with Crippen molar-refractivity contribution in [2.75, 3.05) is 0 Å². The van der Waals surface area contributed by atoms with Gasteiger partial charge in [0, 0.05) is 18.3 Å². The summed E-state index contributed by atoms with van der Waals surface area (Å²) in [5.74, 6) is -0.0767. The number of nitrogens with one attached hydrogen (secondary N) is 1. The Balaban J connectivity index is 1.51. The maximum absolute atomic E-state index is 12.3. The largest absolute Gasteiger partial charge is 0.348 e. The summed E-state index contributed by atoms with van der Waals surface area (Å²) in [5, 5.41) is 3.08. The van der Waals surface area contributed by atoms with E-state index in [1.165, 1.54) is 0 Å². The Labute approximate surface area is 117 Å². The van der Waals surface area contributed by atoms with Crippen LogP contribution in [0.15, 0.2) is 24.7 Å². The first-order valence-electron chi connectivity index (χ1n) is 7.07. The lowest BCUT2D eigenvalue weighted by molar-refractivity contribution is 0.0870. The quantitative estimate of drug-likeness (QED) is 0.862. The van der Waals surface area contributed by atoms with E-state index in [9.17, 15) is 4.79 Å². The van der Waals surface area contributed by atoms with Gasteiger partial charge in [0.15, 0.2) is 5.69 Å². The van der Waals surface area contributed by atoms with E-state index < -0.39 is 0 Å². The predicted octanol–water partition coefficient (Wildman–Crippen LogP) is 1.25. The summed E-state index contributed by atoms with van der Waals surface area (Å²) in [4.78, 5) is 16.6. The van der Waals surface area contributed by atoms with Gasteiger partial charge in [-0.3, -0.25) is 4.79 Å². The number of carbonyl (C=O) groups excluding carboxylic acids is 1. The van der Waals surface area contributed by atoms with Crippen LogP contribution < -0.4 is 11.1 Å². The van der Waals surface area contributed by atoms with Crippen molar-refractivity contribution in [3.63, 3.8) is 0 Å². The third kappa shape index (κ3) is 1.66. The molecule has 1 amide bonds. The van der Waals surface area contributed by atoms with Crippen molar-refractivity contribution in [2.45, 2.75) is 38.3 Å². The van der Waals surface area contributed by atoms with Gasteiger partial charge in [-0.2, -0.15) is 0 Å². The topological polar surface area (TPSA) is 72.4 Å². The van der Waals surface area contributed by atoms with E-state index in [1.54, 1.807) is 6.33 Å². The minimum absolute atomic E-state index is 0.0767. The molecule has 4 rings (SSSR count). The fourth-order valence-corrected chi connectivity index (χ4v) is 3.39. The molecule has 2 saturated carbocycles.